The van der Waals surface area contributed by atoms with E-state index < -0.39 is 12.4 Å². The van der Waals surface area contributed by atoms with Crippen LogP contribution in [0.5, 0.6) is 5.75 Å². The van der Waals surface area contributed by atoms with Crippen LogP contribution in [0.1, 0.15) is 31.7 Å². The fraction of sp³-hybridized carbons (Fsp3) is 0.611. The summed E-state index contributed by atoms with van der Waals surface area (Å²) in [7, 11) is 0. The Morgan fingerprint density at radius 3 is 2.81 bits per heavy atom. The third-order valence-electron chi connectivity index (χ3n) is 5.19. The second-order valence-corrected chi connectivity index (χ2v) is 6.94. The smallest absolute Gasteiger partial charge is 0.406 e. The predicted octanol–water partition coefficient (Wildman–Crippen LogP) is 2.50. The van der Waals surface area contributed by atoms with Crippen molar-refractivity contribution in [1.82, 2.24) is 10.6 Å². The second kappa shape index (κ2) is 7.44. The molecule has 1 aromatic rings. The fourth-order valence-corrected chi connectivity index (χ4v) is 3.59. The first-order valence-corrected chi connectivity index (χ1v) is 8.78. The molecule has 2 atom stereocenters. The Kier molecular flexibility index (Phi) is 5.43. The molecule has 1 saturated heterocycles. The van der Waals surface area contributed by atoms with E-state index in [0.29, 0.717) is 19.7 Å². The summed E-state index contributed by atoms with van der Waals surface area (Å²) < 4.78 is 46.9. The quantitative estimate of drug-likeness (QED) is 0.834. The maximum atomic E-state index is 12.5. The number of halogens is 3. The normalized spacial score (nSPS) is 25.2. The van der Waals surface area contributed by atoms with Crippen LogP contribution < -0.4 is 15.4 Å². The first kappa shape index (κ1) is 19.0. The maximum Gasteiger partial charge on any atom is 0.573 e. The highest BCUT2D eigenvalue weighted by molar-refractivity contribution is 5.82. The highest BCUT2D eigenvalue weighted by atomic mass is 19.4. The standard InChI is InChI=1S/C18H23F3N2O3/c1-12-15(22-8-9-25-12)16(24)23-11-17(6-3-7-17)13-4-2-5-14(10-13)26-18(19,20)21/h2,4-5,10,12,15,22H,3,6-9,11H2,1H3,(H,23,24)/t12-,15+/m1/s1. The minimum atomic E-state index is -4.72. The van der Waals surface area contributed by atoms with Crippen LogP contribution in [0.4, 0.5) is 13.2 Å². The second-order valence-electron chi connectivity index (χ2n) is 6.94. The van der Waals surface area contributed by atoms with Crippen LogP contribution in [-0.2, 0) is 14.9 Å². The minimum Gasteiger partial charge on any atom is -0.406 e. The molecule has 144 valence electrons. The molecule has 1 heterocycles. The Morgan fingerprint density at radius 2 is 2.19 bits per heavy atom. The van der Waals surface area contributed by atoms with Gasteiger partial charge in [-0.2, -0.15) is 0 Å². The molecular formula is C18H23F3N2O3. The lowest BCUT2D eigenvalue weighted by Gasteiger charge is -2.43. The Balaban J connectivity index is 1.67. The average Bonchev–Trinajstić information content (AvgIpc) is 2.53. The molecule has 0 bridgehead atoms. The van der Waals surface area contributed by atoms with Crippen molar-refractivity contribution in [2.75, 3.05) is 19.7 Å². The number of amides is 1. The topological polar surface area (TPSA) is 59.6 Å². The van der Waals surface area contributed by atoms with Gasteiger partial charge in [0.25, 0.3) is 0 Å². The average molecular weight is 372 g/mol. The minimum absolute atomic E-state index is 0.147. The van der Waals surface area contributed by atoms with Gasteiger partial charge >= 0.3 is 6.36 Å². The number of carbonyl (C=O) groups excluding carboxylic acids is 1. The van der Waals surface area contributed by atoms with Crippen molar-refractivity contribution in [2.24, 2.45) is 0 Å². The first-order chi connectivity index (χ1) is 12.3. The molecule has 2 N–H and O–H groups in total. The number of carbonyl (C=O) groups is 1. The molecule has 2 fully saturated rings. The Hall–Kier alpha value is -1.80. The number of nitrogens with one attached hydrogen (secondary N) is 2. The molecule has 1 saturated carbocycles. The molecule has 0 aromatic heterocycles. The van der Waals surface area contributed by atoms with E-state index in [-0.39, 0.29) is 23.2 Å². The van der Waals surface area contributed by atoms with E-state index in [0.717, 1.165) is 24.8 Å². The van der Waals surface area contributed by atoms with Gasteiger partial charge in [0, 0.05) is 18.5 Å². The van der Waals surface area contributed by atoms with Crippen molar-refractivity contribution in [1.29, 1.82) is 0 Å². The zero-order valence-electron chi connectivity index (χ0n) is 14.6. The summed E-state index contributed by atoms with van der Waals surface area (Å²) in [5, 5.41) is 6.08. The number of rotatable bonds is 5. The molecule has 1 aliphatic carbocycles. The highest BCUT2D eigenvalue weighted by Gasteiger charge is 2.40. The van der Waals surface area contributed by atoms with Gasteiger partial charge in [-0.1, -0.05) is 18.6 Å². The Bertz CT molecular complexity index is 647. The summed E-state index contributed by atoms with van der Waals surface area (Å²) in [6.07, 6.45) is -2.34. The van der Waals surface area contributed by atoms with E-state index in [1.807, 2.05) is 6.92 Å². The van der Waals surface area contributed by atoms with Gasteiger partial charge < -0.3 is 20.1 Å². The zero-order valence-corrected chi connectivity index (χ0v) is 14.6. The SMILES string of the molecule is C[C@H]1OCCN[C@@H]1C(=O)NCC1(c2cccc(OC(F)(F)F)c2)CCC1. The third kappa shape index (κ3) is 4.29. The van der Waals surface area contributed by atoms with E-state index in [9.17, 15) is 18.0 Å². The Labute approximate surface area is 150 Å². The number of hydrogen-bond acceptors (Lipinski definition) is 4. The van der Waals surface area contributed by atoms with Crippen molar-refractivity contribution < 1.29 is 27.4 Å². The van der Waals surface area contributed by atoms with Crippen LogP contribution >= 0.6 is 0 Å². The van der Waals surface area contributed by atoms with Crippen LogP contribution in [0.3, 0.4) is 0 Å². The molecular weight excluding hydrogens is 349 g/mol. The number of benzene rings is 1. The van der Waals surface area contributed by atoms with Gasteiger partial charge in [-0.05, 0) is 37.5 Å². The largest absolute Gasteiger partial charge is 0.573 e. The first-order valence-electron chi connectivity index (χ1n) is 8.78. The van der Waals surface area contributed by atoms with E-state index in [1.165, 1.54) is 12.1 Å². The van der Waals surface area contributed by atoms with Gasteiger partial charge in [0.15, 0.2) is 0 Å². The lowest BCUT2D eigenvalue weighted by molar-refractivity contribution is -0.274. The van der Waals surface area contributed by atoms with Gasteiger partial charge in [0.2, 0.25) is 5.91 Å². The zero-order chi connectivity index (χ0) is 18.8. The molecule has 0 spiro atoms. The highest BCUT2D eigenvalue weighted by Crippen LogP contribution is 2.44. The summed E-state index contributed by atoms with van der Waals surface area (Å²) in [4.78, 5) is 12.5. The molecule has 26 heavy (non-hydrogen) atoms. The van der Waals surface area contributed by atoms with Crippen LogP contribution in [0.15, 0.2) is 24.3 Å². The van der Waals surface area contributed by atoms with E-state index in [1.54, 1.807) is 12.1 Å². The van der Waals surface area contributed by atoms with Crippen molar-refractivity contribution in [3.8, 4) is 5.75 Å². The van der Waals surface area contributed by atoms with E-state index in [4.69, 9.17) is 4.74 Å². The molecule has 1 aliphatic heterocycles. The molecule has 1 aromatic carbocycles. The van der Waals surface area contributed by atoms with Crippen molar-refractivity contribution in [2.45, 2.75) is 50.1 Å². The van der Waals surface area contributed by atoms with Crippen molar-refractivity contribution in [3.05, 3.63) is 29.8 Å². The number of alkyl halides is 3. The van der Waals surface area contributed by atoms with Crippen LogP contribution in [0.25, 0.3) is 0 Å². The van der Waals surface area contributed by atoms with Crippen molar-refractivity contribution in [3.63, 3.8) is 0 Å². The molecule has 0 unspecified atom stereocenters. The van der Waals surface area contributed by atoms with Gasteiger partial charge in [-0.25, -0.2) is 0 Å². The molecule has 3 rings (SSSR count). The van der Waals surface area contributed by atoms with Gasteiger partial charge in [0.1, 0.15) is 11.8 Å². The van der Waals surface area contributed by atoms with E-state index >= 15 is 0 Å². The van der Waals surface area contributed by atoms with E-state index in [2.05, 4.69) is 15.4 Å². The summed E-state index contributed by atoms with van der Waals surface area (Å²) in [5.41, 5.74) is 0.408. The number of hydrogen-bond donors (Lipinski definition) is 2. The predicted molar refractivity (Wildman–Crippen MR) is 88.9 cm³/mol. The maximum absolute atomic E-state index is 12.5. The molecule has 8 heteroatoms. The lowest BCUT2D eigenvalue weighted by atomic mass is 9.64. The van der Waals surface area contributed by atoms with Crippen LogP contribution in [-0.4, -0.2) is 44.1 Å². The van der Waals surface area contributed by atoms with Gasteiger partial charge in [0.05, 0.1) is 12.7 Å². The summed E-state index contributed by atoms with van der Waals surface area (Å²) in [5.74, 6) is -0.380. The Morgan fingerprint density at radius 1 is 1.42 bits per heavy atom. The summed E-state index contributed by atoms with van der Waals surface area (Å²) in [6.45, 7) is 3.41. The van der Waals surface area contributed by atoms with Crippen LogP contribution in [0.2, 0.25) is 0 Å². The fourth-order valence-electron chi connectivity index (χ4n) is 3.59. The molecule has 2 aliphatic rings. The summed E-state index contributed by atoms with van der Waals surface area (Å²) >= 11 is 0. The van der Waals surface area contributed by atoms with Crippen LogP contribution in [0, 0.1) is 0 Å². The lowest BCUT2D eigenvalue weighted by Crippen LogP contribution is -2.57. The third-order valence-corrected chi connectivity index (χ3v) is 5.19. The van der Waals surface area contributed by atoms with Gasteiger partial charge in [-0.3, -0.25) is 4.79 Å². The van der Waals surface area contributed by atoms with Gasteiger partial charge in [-0.15, -0.1) is 13.2 Å². The number of morpholine rings is 1. The monoisotopic (exact) mass is 372 g/mol. The molecule has 0 radical (unpaired) electrons. The van der Waals surface area contributed by atoms with Crippen molar-refractivity contribution >= 4 is 5.91 Å². The summed E-state index contributed by atoms with van der Waals surface area (Å²) in [6, 6.07) is 5.63. The molecule has 1 amide bonds. The molecule has 5 nitrogen and oxygen atoms in total. The number of ether oxygens (including phenoxy) is 2.